The van der Waals surface area contributed by atoms with Crippen molar-refractivity contribution in [3.63, 3.8) is 0 Å². The third-order valence-corrected chi connectivity index (χ3v) is 2.95. The fraction of sp³-hybridized carbons (Fsp3) is 0.615. The van der Waals surface area contributed by atoms with Gasteiger partial charge in [0.1, 0.15) is 0 Å². The van der Waals surface area contributed by atoms with Gasteiger partial charge in [-0.05, 0) is 27.7 Å². The van der Waals surface area contributed by atoms with E-state index >= 15 is 0 Å². The average Bonchev–Trinajstić information content (AvgIpc) is 2.61. The number of carbonyl (C=O) groups is 1. The van der Waals surface area contributed by atoms with E-state index < -0.39 is 0 Å². The van der Waals surface area contributed by atoms with Gasteiger partial charge in [-0.15, -0.1) is 0 Å². The Bertz CT molecular complexity index is 471. The minimum Gasteiger partial charge on any atom is -0.466 e. The van der Waals surface area contributed by atoms with Gasteiger partial charge in [-0.2, -0.15) is 10.4 Å². The monoisotopic (exact) mass is 249 g/mol. The molecule has 0 saturated heterocycles. The fourth-order valence-electron chi connectivity index (χ4n) is 2.10. The molecular formula is C13H19N3O2. The highest BCUT2D eigenvalue weighted by Crippen LogP contribution is 2.24. The molecule has 0 N–H and O–H groups in total. The van der Waals surface area contributed by atoms with Gasteiger partial charge in [0.15, 0.2) is 0 Å². The summed E-state index contributed by atoms with van der Waals surface area (Å²) in [6.45, 7) is 8.34. The average molecular weight is 249 g/mol. The molecule has 1 aromatic rings. The van der Waals surface area contributed by atoms with E-state index in [1.807, 2.05) is 20.8 Å². The summed E-state index contributed by atoms with van der Waals surface area (Å²) in [6.07, 6.45) is 0.412. The normalized spacial score (nSPS) is 11.9. The number of rotatable bonds is 5. The van der Waals surface area contributed by atoms with Crippen LogP contribution in [-0.2, 0) is 16.1 Å². The van der Waals surface area contributed by atoms with Gasteiger partial charge < -0.3 is 4.74 Å². The third-order valence-electron chi connectivity index (χ3n) is 2.95. The van der Waals surface area contributed by atoms with Crippen molar-refractivity contribution in [3.8, 4) is 6.07 Å². The molecule has 0 aliphatic heterocycles. The maximum absolute atomic E-state index is 11.8. The highest BCUT2D eigenvalue weighted by atomic mass is 16.5. The first-order valence-electron chi connectivity index (χ1n) is 6.10. The molecule has 0 saturated carbocycles. The smallest absolute Gasteiger partial charge is 0.313 e. The van der Waals surface area contributed by atoms with Crippen LogP contribution in [0.15, 0.2) is 0 Å². The lowest BCUT2D eigenvalue weighted by Gasteiger charge is -2.11. The lowest BCUT2D eigenvalue weighted by atomic mass is 9.99. The van der Waals surface area contributed by atoms with E-state index in [0.29, 0.717) is 19.6 Å². The second-order valence-electron chi connectivity index (χ2n) is 4.19. The molecule has 0 bridgehead atoms. The van der Waals surface area contributed by atoms with Crippen LogP contribution in [0.5, 0.6) is 0 Å². The maximum atomic E-state index is 11.8. The minimum atomic E-state index is -0.319. The largest absolute Gasteiger partial charge is 0.466 e. The molecule has 1 atom stereocenters. The van der Waals surface area contributed by atoms with Crippen molar-refractivity contribution in [3.05, 3.63) is 17.0 Å². The summed E-state index contributed by atoms with van der Waals surface area (Å²) in [5.41, 5.74) is 2.67. The second kappa shape index (κ2) is 6.20. The van der Waals surface area contributed by atoms with Gasteiger partial charge in [-0.3, -0.25) is 9.48 Å². The molecule has 5 nitrogen and oxygen atoms in total. The molecule has 5 heteroatoms. The first-order chi connectivity index (χ1) is 8.52. The highest BCUT2D eigenvalue weighted by molar-refractivity contribution is 5.78. The van der Waals surface area contributed by atoms with Crippen LogP contribution < -0.4 is 0 Å². The molecule has 0 spiro atoms. The molecule has 0 aromatic carbocycles. The Balaban J connectivity index is 2.99. The Morgan fingerprint density at radius 2 is 2.22 bits per heavy atom. The van der Waals surface area contributed by atoms with Crippen LogP contribution >= 0.6 is 0 Å². The van der Waals surface area contributed by atoms with Crippen LogP contribution in [0.1, 0.15) is 43.1 Å². The van der Waals surface area contributed by atoms with Crippen molar-refractivity contribution in [2.45, 2.75) is 46.6 Å². The first-order valence-corrected chi connectivity index (χ1v) is 6.10. The van der Waals surface area contributed by atoms with Crippen LogP contribution in [0.25, 0.3) is 0 Å². The van der Waals surface area contributed by atoms with Crippen molar-refractivity contribution in [2.24, 2.45) is 0 Å². The number of carbonyl (C=O) groups excluding carboxylic acids is 1. The van der Waals surface area contributed by atoms with Gasteiger partial charge in [-0.25, -0.2) is 0 Å². The van der Waals surface area contributed by atoms with Crippen molar-refractivity contribution in [1.29, 1.82) is 5.26 Å². The molecule has 0 radical (unpaired) electrons. The maximum Gasteiger partial charge on any atom is 0.313 e. The van der Waals surface area contributed by atoms with E-state index in [1.165, 1.54) is 0 Å². The molecule has 0 fully saturated rings. The number of hydrogen-bond acceptors (Lipinski definition) is 4. The summed E-state index contributed by atoms with van der Waals surface area (Å²) in [7, 11) is 0. The molecule has 98 valence electrons. The van der Waals surface area contributed by atoms with Crippen molar-refractivity contribution in [2.75, 3.05) is 6.61 Å². The van der Waals surface area contributed by atoms with E-state index in [0.717, 1.165) is 17.0 Å². The van der Waals surface area contributed by atoms with E-state index in [4.69, 9.17) is 10.00 Å². The summed E-state index contributed by atoms with van der Waals surface area (Å²) < 4.78 is 6.81. The molecule has 1 rings (SSSR count). The van der Waals surface area contributed by atoms with Crippen molar-refractivity contribution < 1.29 is 9.53 Å². The predicted octanol–water partition coefficient (Wildman–Crippen LogP) is 2.08. The number of aryl methyl sites for hydroxylation is 2. The van der Waals surface area contributed by atoms with Gasteiger partial charge in [0.2, 0.25) is 0 Å². The van der Waals surface area contributed by atoms with E-state index in [2.05, 4.69) is 11.2 Å². The Morgan fingerprint density at radius 3 is 2.78 bits per heavy atom. The van der Waals surface area contributed by atoms with Gasteiger partial charge in [0, 0.05) is 11.3 Å². The number of ether oxygens (including phenoxy) is 1. The van der Waals surface area contributed by atoms with E-state index in [-0.39, 0.29) is 11.9 Å². The van der Waals surface area contributed by atoms with Crippen LogP contribution in [0.4, 0.5) is 0 Å². The quantitative estimate of drug-likeness (QED) is 0.749. The zero-order valence-electron chi connectivity index (χ0n) is 11.4. The lowest BCUT2D eigenvalue weighted by molar-refractivity contribution is -0.144. The van der Waals surface area contributed by atoms with Gasteiger partial charge in [0.05, 0.1) is 37.3 Å². The lowest BCUT2D eigenvalue weighted by Crippen LogP contribution is -2.14. The van der Waals surface area contributed by atoms with Crippen LogP contribution in [0.2, 0.25) is 0 Å². The Kier molecular flexibility index (Phi) is 4.90. The molecule has 0 amide bonds. The van der Waals surface area contributed by atoms with E-state index in [1.54, 1.807) is 11.6 Å². The Morgan fingerprint density at radius 1 is 1.56 bits per heavy atom. The summed E-state index contributed by atoms with van der Waals surface area (Å²) in [6, 6.07) is 2.09. The molecule has 0 aliphatic rings. The molecule has 1 aromatic heterocycles. The Hall–Kier alpha value is -1.83. The van der Waals surface area contributed by atoms with Crippen LogP contribution in [0.3, 0.4) is 0 Å². The van der Waals surface area contributed by atoms with Crippen LogP contribution in [-0.4, -0.2) is 22.4 Å². The van der Waals surface area contributed by atoms with Gasteiger partial charge in [-0.1, -0.05) is 0 Å². The Labute approximate surface area is 107 Å². The molecule has 18 heavy (non-hydrogen) atoms. The minimum absolute atomic E-state index is 0.233. The van der Waals surface area contributed by atoms with Gasteiger partial charge in [0.25, 0.3) is 0 Å². The summed E-state index contributed by atoms with van der Waals surface area (Å²) >= 11 is 0. The number of nitrogens with zero attached hydrogens (tertiary/aromatic N) is 3. The van der Waals surface area contributed by atoms with Crippen molar-refractivity contribution >= 4 is 5.97 Å². The van der Waals surface area contributed by atoms with E-state index in [9.17, 15) is 4.79 Å². The van der Waals surface area contributed by atoms with Crippen molar-refractivity contribution in [1.82, 2.24) is 9.78 Å². The fourth-order valence-corrected chi connectivity index (χ4v) is 2.10. The number of esters is 1. The number of nitriles is 1. The van der Waals surface area contributed by atoms with Gasteiger partial charge >= 0.3 is 5.97 Å². The predicted molar refractivity (Wildman–Crippen MR) is 67.0 cm³/mol. The number of aromatic nitrogens is 2. The summed E-state index contributed by atoms with van der Waals surface area (Å²) in [4.78, 5) is 11.8. The zero-order chi connectivity index (χ0) is 13.7. The molecule has 1 heterocycles. The summed E-state index contributed by atoms with van der Waals surface area (Å²) in [5, 5.41) is 13.0. The second-order valence-corrected chi connectivity index (χ2v) is 4.19. The SMILES string of the molecule is CCOC(=O)C(C)c1c(C)nn(CCC#N)c1C. The highest BCUT2D eigenvalue weighted by Gasteiger charge is 2.24. The number of hydrogen-bond donors (Lipinski definition) is 0. The molecule has 0 aliphatic carbocycles. The topological polar surface area (TPSA) is 67.9 Å². The molecule has 1 unspecified atom stereocenters. The molecular weight excluding hydrogens is 230 g/mol. The van der Waals surface area contributed by atoms with Crippen LogP contribution in [0, 0.1) is 25.2 Å². The third kappa shape index (κ3) is 2.89. The standard InChI is InChI=1S/C13H19N3O2/c1-5-18-13(17)9(2)12-10(3)15-16(11(12)4)8-6-7-14/h9H,5-6,8H2,1-4H3. The zero-order valence-corrected chi connectivity index (χ0v) is 11.4. The first kappa shape index (κ1) is 14.2. The summed E-state index contributed by atoms with van der Waals surface area (Å²) in [5.74, 6) is -0.552.